The molecule has 35 heavy (non-hydrogen) atoms. The van der Waals surface area contributed by atoms with Crippen molar-refractivity contribution in [1.82, 2.24) is 4.98 Å². The molecule has 0 aliphatic rings. The number of aromatic nitrogens is 1. The number of hydrogen-bond acceptors (Lipinski definition) is 6. The van der Waals surface area contributed by atoms with Gasteiger partial charge >= 0.3 is 5.97 Å². The maximum atomic E-state index is 15.1. The molecule has 0 aliphatic carbocycles. The first kappa shape index (κ1) is 30.1. The van der Waals surface area contributed by atoms with Crippen molar-refractivity contribution in [2.75, 3.05) is 33.2 Å². The van der Waals surface area contributed by atoms with E-state index < -0.39 is 11.4 Å². The van der Waals surface area contributed by atoms with Gasteiger partial charge in [0.25, 0.3) is 0 Å². The maximum Gasteiger partial charge on any atom is 0.310 e. The third-order valence-electron chi connectivity index (χ3n) is 5.29. The average molecular weight is 489 g/mol. The molecule has 2 aromatic rings. The van der Waals surface area contributed by atoms with Crippen LogP contribution < -0.4 is 9.64 Å². The second kappa shape index (κ2) is 12.7. The number of benzene rings is 1. The van der Waals surface area contributed by atoms with Crippen LogP contribution in [0.5, 0.6) is 5.75 Å². The van der Waals surface area contributed by atoms with Gasteiger partial charge in [0.1, 0.15) is 5.82 Å². The molecular formula is C28H41FN2O4. The highest BCUT2D eigenvalue weighted by atomic mass is 19.1. The highest BCUT2D eigenvalue weighted by Gasteiger charge is 2.25. The summed E-state index contributed by atoms with van der Waals surface area (Å²) in [7, 11) is 6.62. The first-order valence-corrected chi connectivity index (χ1v) is 11.7. The van der Waals surface area contributed by atoms with Gasteiger partial charge in [0.15, 0.2) is 11.6 Å². The molecule has 194 valence electrons. The van der Waals surface area contributed by atoms with E-state index in [4.69, 9.17) is 14.6 Å². The van der Waals surface area contributed by atoms with Gasteiger partial charge in [0.2, 0.25) is 0 Å². The van der Waals surface area contributed by atoms with E-state index in [1.54, 1.807) is 26.8 Å². The summed E-state index contributed by atoms with van der Waals surface area (Å²) in [5, 5.41) is 8.52. The van der Waals surface area contributed by atoms with Crippen LogP contribution in [0.2, 0.25) is 0 Å². The lowest BCUT2D eigenvalue weighted by molar-refractivity contribution is -0.139. The molecule has 0 atom stereocenters. The molecule has 1 N–H and O–H groups in total. The normalized spacial score (nSPS) is 10.9. The standard InChI is InChI=1S/C24H31FN2O3.C4H10O/c1-9-11-17-14(3)18(12-20(25)23(17)30-8)22-16(10-2)24(27(5)6)26-15(4)19(22)13-21(28)29-7;1-4(2,3)5/h10,12H,2,9,11,13H2,1,3-8H3;5H,1-3H3. The maximum absolute atomic E-state index is 15.1. The van der Waals surface area contributed by atoms with Crippen molar-refractivity contribution in [2.45, 2.75) is 66.4 Å². The molecule has 0 aliphatic heterocycles. The number of hydrogen-bond donors (Lipinski definition) is 1. The van der Waals surface area contributed by atoms with Crippen LogP contribution in [0.3, 0.4) is 0 Å². The number of rotatable bonds is 8. The number of carbonyl (C=O) groups is 1. The van der Waals surface area contributed by atoms with Crippen LogP contribution in [0.1, 0.15) is 62.1 Å². The molecule has 0 saturated heterocycles. The third-order valence-corrected chi connectivity index (χ3v) is 5.29. The third kappa shape index (κ3) is 7.79. The van der Waals surface area contributed by atoms with Crippen molar-refractivity contribution >= 4 is 17.9 Å². The Kier molecular flexibility index (Phi) is 10.9. The zero-order valence-corrected chi connectivity index (χ0v) is 22.9. The van der Waals surface area contributed by atoms with E-state index in [-0.39, 0.29) is 18.1 Å². The lowest BCUT2D eigenvalue weighted by atomic mass is 9.86. The topological polar surface area (TPSA) is 71.9 Å². The second-order valence-corrected chi connectivity index (χ2v) is 9.60. The highest BCUT2D eigenvalue weighted by Crippen LogP contribution is 2.41. The van der Waals surface area contributed by atoms with Crippen molar-refractivity contribution in [3.05, 3.63) is 46.4 Å². The van der Waals surface area contributed by atoms with Gasteiger partial charge in [-0.05, 0) is 69.4 Å². The Morgan fingerprint density at radius 1 is 1.23 bits per heavy atom. The van der Waals surface area contributed by atoms with Crippen molar-refractivity contribution in [2.24, 2.45) is 0 Å². The zero-order valence-electron chi connectivity index (χ0n) is 22.9. The van der Waals surface area contributed by atoms with E-state index in [2.05, 4.69) is 11.6 Å². The van der Waals surface area contributed by atoms with Crippen molar-refractivity contribution in [3.8, 4) is 16.9 Å². The van der Waals surface area contributed by atoms with E-state index in [9.17, 15) is 4.79 Å². The number of methoxy groups -OCH3 is 2. The number of anilines is 1. The quantitative estimate of drug-likeness (QED) is 0.483. The number of pyridine rings is 1. The fourth-order valence-electron chi connectivity index (χ4n) is 3.83. The predicted molar refractivity (Wildman–Crippen MR) is 142 cm³/mol. The number of aliphatic hydroxyl groups is 1. The lowest BCUT2D eigenvalue weighted by Gasteiger charge is -2.24. The smallest absolute Gasteiger partial charge is 0.310 e. The highest BCUT2D eigenvalue weighted by molar-refractivity contribution is 5.89. The average Bonchev–Trinajstić information content (AvgIpc) is 2.75. The monoisotopic (exact) mass is 488 g/mol. The Labute approximate surface area is 209 Å². The van der Waals surface area contributed by atoms with Gasteiger partial charge in [-0.2, -0.15) is 0 Å². The van der Waals surface area contributed by atoms with Gasteiger partial charge in [0, 0.05) is 30.9 Å². The number of ether oxygens (including phenoxy) is 2. The summed E-state index contributed by atoms with van der Waals surface area (Å²) in [6.07, 6.45) is 3.27. The van der Waals surface area contributed by atoms with Gasteiger partial charge in [-0.3, -0.25) is 4.79 Å². The van der Waals surface area contributed by atoms with E-state index in [0.29, 0.717) is 29.1 Å². The predicted octanol–water partition coefficient (Wildman–Crippen LogP) is 5.67. The fraction of sp³-hybridized carbons (Fsp3) is 0.500. The number of esters is 1. The van der Waals surface area contributed by atoms with Crippen LogP contribution in [0.15, 0.2) is 12.6 Å². The van der Waals surface area contributed by atoms with Crippen LogP contribution in [0, 0.1) is 19.7 Å². The fourth-order valence-corrected chi connectivity index (χ4v) is 3.83. The molecule has 1 heterocycles. The molecular weight excluding hydrogens is 447 g/mol. The molecule has 0 fully saturated rings. The van der Waals surface area contributed by atoms with E-state index in [1.807, 2.05) is 39.8 Å². The summed E-state index contributed by atoms with van der Waals surface area (Å²) in [5.41, 5.74) is 4.85. The minimum absolute atomic E-state index is 0.0371. The lowest BCUT2D eigenvalue weighted by Crippen LogP contribution is -2.17. The molecule has 0 unspecified atom stereocenters. The first-order chi connectivity index (χ1) is 16.2. The second-order valence-electron chi connectivity index (χ2n) is 9.60. The van der Waals surface area contributed by atoms with Gasteiger partial charge in [-0.25, -0.2) is 9.37 Å². The summed E-state index contributed by atoms with van der Waals surface area (Å²) in [6.45, 7) is 15.1. The Hall–Kier alpha value is -2.93. The zero-order chi connectivity index (χ0) is 27.1. The minimum atomic E-state index is -0.500. The summed E-state index contributed by atoms with van der Waals surface area (Å²) in [4.78, 5) is 18.8. The van der Waals surface area contributed by atoms with Crippen molar-refractivity contribution in [3.63, 3.8) is 0 Å². The molecule has 6 nitrogen and oxygen atoms in total. The molecule has 0 radical (unpaired) electrons. The van der Waals surface area contributed by atoms with E-state index in [0.717, 1.165) is 28.7 Å². The van der Waals surface area contributed by atoms with Gasteiger partial charge < -0.3 is 19.5 Å². The first-order valence-electron chi connectivity index (χ1n) is 11.7. The Morgan fingerprint density at radius 2 is 1.80 bits per heavy atom. The van der Waals surface area contributed by atoms with Crippen LogP contribution in [0.4, 0.5) is 10.2 Å². The largest absolute Gasteiger partial charge is 0.493 e. The van der Waals surface area contributed by atoms with Crippen molar-refractivity contribution < 1.29 is 23.8 Å². The van der Waals surface area contributed by atoms with Gasteiger partial charge in [-0.15, -0.1) is 0 Å². The van der Waals surface area contributed by atoms with Crippen LogP contribution in [-0.2, 0) is 22.4 Å². The molecule has 1 aromatic carbocycles. The van der Waals surface area contributed by atoms with Crippen molar-refractivity contribution in [1.29, 1.82) is 0 Å². The minimum Gasteiger partial charge on any atom is -0.493 e. The Bertz CT molecular complexity index is 1050. The molecule has 0 bridgehead atoms. The van der Waals surface area contributed by atoms with Crippen LogP contribution in [-0.4, -0.2) is 50.0 Å². The number of aryl methyl sites for hydroxylation is 1. The Morgan fingerprint density at radius 3 is 2.23 bits per heavy atom. The van der Waals surface area contributed by atoms with E-state index >= 15 is 4.39 Å². The van der Waals surface area contributed by atoms with Gasteiger partial charge in [0.05, 0.1) is 26.2 Å². The molecule has 0 saturated carbocycles. The molecule has 7 heteroatoms. The number of nitrogens with zero attached hydrogens (tertiary/aromatic N) is 2. The number of halogens is 1. The number of carbonyl (C=O) groups excluding carboxylic acids is 1. The summed E-state index contributed by atoms with van der Waals surface area (Å²) in [5.74, 6) is 0.167. The molecule has 0 amide bonds. The van der Waals surface area contributed by atoms with E-state index in [1.165, 1.54) is 20.3 Å². The SMILES string of the molecule is C=Cc1c(N(C)C)nc(C)c(CC(=O)OC)c1-c1cc(F)c(OC)c(CCC)c1C.CC(C)(C)O. The molecule has 2 rings (SSSR count). The van der Waals surface area contributed by atoms with Crippen LogP contribution in [0.25, 0.3) is 17.2 Å². The summed E-state index contributed by atoms with van der Waals surface area (Å²) >= 11 is 0. The van der Waals surface area contributed by atoms with Gasteiger partial charge in [-0.1, -0.05) is 26.0 Å². The summed E-state index contributed by atoms with van der Waals surface area (Å²) in [6, 6.07) is 1.48. The molecule has 0 spiro atoms. The molecule has 1 aromatic heterocycles. The van der Waals surface area contributed by atoms with Crippen LogP contribution >= 0.6 is 0 Å². The summed E-state index contributed by atoms with van der Waals surface area (Å²) < 4.78 is 25.4. The Balaban J connectivity index is 0.00000111.